The Labute approximate surface area is 198 Å². The molecule has 0 fully saturated rings. The summed E-state index contributed by atoms with van der Waals surface area (Å²) in [7, 11) is -1.92. The molecule has 0 bridgehead atoms. The van der Waals surface area contributed by atoms with Crippen LogP contribution in [0.4, 0.5) is 0 Å². The number of aryl methyl sites for hydroxylation is 1. The van der Waals surface area contributed by atoms with Crippen molar-refractivity contribution in [2.24, 2.45) is 0 Å². The topological polar surface area (TPSA) is 103 Å². The fraction of sp³-hybridized carbons (Fsp3) is 0.280. The standard InChI is InChI=1S/C25H27N3O5S/c1-5-33-22-13-18(11-12-21(22)32-3)20(15-34(4,30)31)28-24-23(27-25(28)29)16(2)19(14-26-24)17-9-7-6-8-10-17/h6-14,20H,5,15H2,1-4H3,(H,27,29)/t20-/m0/s1. The van der Waals surface area contributed by atoms with Gasteiger partial charge >= 0.3 is 5.69 Å². The van der Waals surface area contributed by atoms with Crippen molar-refractivity contribution in [2.45, 2.75) is 19.9 Å². The number of fused-ring (bicyclic) bond motifs is 1. The number of H-pyrrole nitrogens is 1. The number of ether oxygens (including phenoxy) is 2. The molecule has 2 aromatic heterocycles. The van der Waals surface area contributed by atoms with E-state index < -0.39 is 21.6 Å². The highest BCUT2D eigenvalue weighted by molar-refractivity contribution is 7.90. The number of nitrogens with one attached hydrogen (secondary N) is 1. The number of pyridine rings is 1. The first-order valence-electron chi connectivity index (χ1n) is 10.9. The highest BCUT2D eigenvalue weighted by atomic mass is 32.2. The molecule has 34 heavy (non-hydrogen) atoms. The average molecular weight is 482 g/mol. The van der Waals surface area contributed by atoms with Gasteiger partial charge in [0.05, 0.1) is 31.0 Å². The summed E-state index contributed by atoms with van der Waals surface area (Å²) in [6.45, 7) is 4.17. The number of imidazole rings is 1. The van der Waals surface area contributed by atoms with Gasteiger partial charge in [-0.15, -0.1) is 0 Å². The predicted octanol–water partition coefficient (Wildman–Crippen LogP) is 3.74. The summed E-state index contributed by atoms with van der Waals surface area (Å²) in [5.74, 6) is 0.722. The average Bonchev–Trinajstić information content (AvgIpc) is 3.14. The third-order valence-electron chi connectivity index (χ3n) is 5.73. The number of nitrogens with zero attached hydrogens (tertiary/aromatic N) is 2. The molecule has 9 heteroatoms. The van der Waals surface area contributed by atoms with Crippen LogP contribution in [0.2, 0.25) is 0 Å². The molecule has 0 unspecified atom stereocenters. The summed E-state index contributed by atoms with van der Waals surface area (Å²) >= 11 is 0. The number of methoxy groups -OCH3 is 1. The zero-order chi connectivity index (χ0) is 24.5. The van der Waals surface area contributed by atoms with Crippen LogP contribution in [-0.4, -0.2) is 48.7 Å². The van der Waals surface area contributed by atoms with Gasteiger partial charge in [-0.3, -0.25) is 4.57 Å². The molecule has 0 aliphatic heterocycles. The zero-order valence-corrected chi connectivity index (χ0v) is 20.3. The molecule has 2 heterocycles. The molecular weight excluding hydrogens is 454 g/mol. The van der Waals surface area contributed by atoms with Crippen molar-refractivity contribution in [3.8, 4) is 22.6 Å². The smallest absolute Gasteiger partial charge is 0.328 e. The predicted molar refractivity (Wildman–Crippen MR) is 133 cm³/mol. The Balaban J connectivity index is 1.92. The molecule has 4 aromatic rings. The Morgan fingerprint density at radius 2 is 1.85 bits per heavy atom. The lowest BCUT2D eigenvalue weighted by Crippen LogP contribution is -2.28. The summed E-state index contributed by atoms with van der Waals surface area (Å²) in [6.07, 6.45) is 2.87. The maximum absolute atomic E-state index is 13.2. The van der Waals surface area contributed by atoms with E-state index in [9.17, 15) is 13.2 Å². The highest BCUT2D eigenvalue weighted by Crippen LogP contribution is 2.34. The monoisotopic (exact) mass is 481 g/mol. The van der Waals surface area contributed by atoms with Crippen LogP contribution in [0.5, 0.6) is 11.5 Å². The van der Waals surface area contributed by atoms with Gasteiger partial charge in [-0.2, -0.15) is 0 Å². The van der Waals surface area contributed by atoms with Crippen molar-refractivity contribution < 1.29 is 17.9 Å². The minimum Gasteiger partial charge on any atom is -0.493 e. The van der Waals surface area contributed by atoms with E-state index in [-0.39, 0.29) is 5.75 Å². The van der Waals surface area contributed by atoms with Crippen LogP contribution < -0.4 is 15.2 Å². The first-order chi connectivity index (χ1) is 16.2. The first-order valence-corrected chi connectivity index (χ1v) is 12.9. The molecule has 0 aliphatic rings. The lowest BCUT2D eigenvalue weighted by atomic mass is 10.0. The van der Waals surface area contributed by atoms with Crippen LogP contribution >= 0.6 is 0 Å². The van der Waals surface area contributed by atoms with Gasteiger partial charge < -0.3 is 14.5 Å². The molecule has 1 atom stereocenters. The molecule has 1 N–H and O–H groups in total. The number of aromatic nitrogens is 3. The Hall–Kier alpha value is -3.59. The summed E-state index contributed by atoms with van der Waals surface area (Å²) in [5, 5.41) is 0. The van der Waals surface area contributed by atoms with Gasteiger partial charge in [-0.25, -0.2) is 18.2 Å². The Kier molecular flexibility index (Phi) is 6.47. The molecule has 178 valence electrons. The van der Waals surface area contributed by atoms with E-state index in [2.05, 4.69) is 9.97 Å². The van der Waals surface area contributed by atoms with E-state index in [4.69, 9.17) is 9.47 Å². The van der Waals surface area contributed by atoms with Gasteiger partial charge in [-0.1, -0.05) is 36.4 Å². The van der Waals surface area contributed by atoms with E-state index in [1.165, 1.54) is 11.7 Å². The minimum atomic E-state index is -3.46. The second kappa shape index (κ2) is 9.34. The second-order valence-corrected chi connectivity index (χ2v) is 10.3. The van der Waals surface area contributed by atoms with Crippen molar-refractivity contribution in [3.05, 3.63) is 76.3 Å². The van der Waals surface area contributed by atoms with Crippen LogP contribution in [0.15, 0.2) is 59.5 Å². The third-order valence-corrected chi connectivity index (χ3v) is 6.65. The number of hydrogen-bond donors (Lipinski definition) is 1. The number of hydrogen-bond acceptors (Lipinski definition) is 6. The minimum absolute atomic E-state index is 0.279. The molecule has 0 radical (unpaired) electrons. The maximum Gasteiger partial charge on any atom is 0.328 e. The molecule has 0 aliphatic carbocycles. The molecule has 4 rings (SSSR count). The lowest BCUT2D eigenvalue weighted by Gasteiger charge is -2.20. The summed E-state index contributed by atoms with van der Waals surface area (Å²) in [6, 6.07) is 14.1. The molecular formula is C25H27N3O5S. The van der Waals surface area contributed by atoms with Crippen molar-refractivity contribution in [1.82, 2.24) is 14.5 Å². The van der Waals surface area contributed by atoms with Gasteiger partial charge in [0.1, 0.15) is 9.84 Å². The molecule has 0 saturated carbocycles. The first kappa shape index (κ1) is 23.6. The fourth-order valence-electron chi connectivity index (χ4n) is 4.16. The van der Waals surface area contributed by atoms with E-state index in [1.54, 1.807) is 24.4 Å². The van der Waals surface area contributed by atoms with Crippen LogP contribution in [0.3, 0.4) is 0 Å². The van der Waals surface area contributed by atoms with Crippen LogP contribution in [0.1, 0.15) is 24.1 Å². The number of aromatic amines is 1. The van der Waals surface area contributed by atoms with Gasteiger partial charge in [0.15, 0.2) is 17.1 Å². The van der Waals surface area contributed by atoms with Crippen LogP contribution in [0, 0.1) is 6.92 Å². The Bertz CT molecular complexity index is 1490. The quantitative estimate of drug-likeness (QED) is 0.411. The van der Waals surface area contributed by atoms with Crippen molar-refractivity contribution in [1.29, 1.82) is 0 Å². The normalized spacial score (nSPS) is 12.6. The van der Waals surface area contributed by atoms with Gasteiger partial charge in [0, 0.05) is 18.0 Å². The summed E-state index contributed by atoms with van der Waals surface area (Å²) in [5.41, 5.74) is 3.86. The largest absolute Gasteiger partial charge is 0.493 e. The second-order valence-electron chi connectivity index (χ2n) is 8.11. The van der Waals surface area contributed by atoms with Gasteiger partial charge in [0.2, 0.25) is 0 Å². The summed E-state index contributed by atoms with van der Waals surface area (Å²) in [4.78, 5) is 20.7. The fourth-order valence-corrected chi connectivity index (χ4v) is 5.07. The Morgan fingerprint density at radius 1 is 1.12 bits per heavy atom. The van der Waals surface area contributed by atoms with Crippen molar-refractivity contribution in [2.75, 3.05) is 25.7 Å². The van der Waals surface area contributed by atoms with Crippen molar-refractivity contribution >= 4 is 21.0 Å². The number of rotatable bonds is 8. The lowest BCUT2D eigenvalue weighted by molar-refractivity contribution is 0.310. The molecule has 0 spiro atoms. The van der Waals surface area contributed by atoms with Gasteiger partial charge in [-0.05, 0) is 42.7 Å². The number of benzene rings is 2. The highest BCUT2D eigenvalue weighted by Gasteiger charge is 2.26. The van der Waals surface area contributed by atoms with E-state index in [1.807, 2.05) is 44.2 Å². The van der Waals surface area contributed by atoms with Crippen LogP contribution in [-0.2, 0) is 9.84 Å². The van der Waals surface area contributed by atoms with Gasteiger partial charge in [0.25, 0.3) is 0 Å². The molecule has 0 saturated heterocycles. The SMILES string of the molecule is CCOc1cc([C@H](CS(C)(=O)=O)n2c(=O)[nH]c3c(C)c(-c4ccccc4)cnc32)ccc1OC. The van der Waals surface area contributed by atoms with Crippen LogP contribution in [0.25, 0.3) is 22.3 Å². The van der Waals surface area contributed by atoms with E-state index >= 15 is 0 Å². The molecule has 0 amide bonds. The van der Waals surface area contributed by atoms with Crippen molar-refractivity contribution in [3.63, 3.8) is 0 Å². The van der Waals surface area contributed by atoms with E-state index in [0.717, 1.165) is 22.9 Å². The zero-order valence-electron chi connectivity index (χ0n) is 19.5. The Morgan fingerprint density at radius 3 is 2.50 bits per heavy atom. The number of sulfone groups is 1. The maximum atomic E-state index is 13.2. The molecule has 2 aromatic carbocycles. The summed E-state index contributed by atoms with van der Waals surface area (Å²) < 4.78 is 37.2. The third kappa shape index (κ3) is 4.56. The van der Waals surface area contributed by atoms with E-state index in [0.29, 0.717) is 34.8 Å². The molecule has 8 nitrogen and oxygen atoms in total.